The summed E-state index contributed by atoms with van der Waals surface area (Å²) in [7, 11) is 0. The Bertz CT molecular complexity index is 660. The van der Waals surface area contributed by atoms with Gasteiger partial charge in [-0.25, -0.2) is 4.98 Å². The van der Waals surface area contributed by atoms with Gasteiger partial charge in [0.25, 0.3) is 0 Å². The van der Waals surface area contributed by atoms with Gasteiger partial charge in [-0.3, -0.25) is 0 Å². The van der Waals surface area contributed by atoms with Crippen LogP contribution >= 0.6 is 0 Å². The zero-order valence-corrected chi connectivity index (χ0v) is 12.7. The molecule has 0 aliphatic carbocycles. The minimum atomic E-state index is -0.320. The number of piperidine rings is 1. The van der Waals surface area contributed by atoms with Gasteiger partial charge in [-0.1, -0.05) is 24.3 Å². The highest BCUT2D eigenvalue weighted by Gasteiger charge is 2.43. The molecule has 22 heavy (non-hydrogen) atoms. The van der Waals surface area contributed by atoms with E-state index in [1.807, 2.05) is 6.20 Å². The van der Waals surface area contributed by atoms with Crippen LogP contribution in [0.5, 0.6) is 0 Å². The van der Waals surface area contributed by atoms with Crippen molar-refractivity contribution >= 4 is 16.6 Å². The topological polar surface area (TPSA) is 45.6 Å². The molecule has 4 heteroatoms. The summed E-state index contributed by atoms with van der Waals surface area (Å²) in [6, 6.07) is 10.4. The number of hydrogen-bond acceptors (Lipinski definition) is 4. The van der Waals surface area contributed by atoms with Crippen molar-refractivity contribution in [3.05, 3.63) is 36.5 Å². The van der Waals surface area contributed by atoms with Crippen LogP contribution in [0.2, 0.25) is 0 Å². The minimum Gasteiger partial charge on any atom is -0.390 e. The molecule has 0 saturated carbocycles. The number of aromatic nitrogens is 1. The van der Waals surface area contributed by atoms with E-state index in [1.165, 1.54) is 10.8 Å². The number of aliphatic hydroxyl groups is 1. The van der Waals surface area contributed by atoms with Crippen molar-refractivity contribution in [1.82, 2.24) is 4.98 Å². The lowest BCUT2D eigenvalue weighted by atomic mass is 9.82. The van der Waals surface area contributed by atoms with Crippen molar-refractivity contribution in [2.45, 2.75) is 37.4 Å². The number of aliphatic hydroxyl groups excluding tert-OH is 1. The first-order valence-electron chi connectivity index (χ1n) is 8.19. The maximum absolute atomic E-state index is 10.4. The summed E-state index contributed by atoms with van der Waals surface area (Å²) in [5.74, 6) is 1.05. The zero-order chi connectivity index (χ0) is 15.0. The van der Waals surface area contributed by atoms with Crippen LogP contribution in [0.25, 0.3) is 10.8 Å². The van der Waals surface area contributed by atoms with E-state index in [9.17, 15) is 5.11 Å². The van der Waals surface area contributed by atoms with E-state index in [1.54, 1.807) is 0 Å². The molecule has 2 aliphatic heterocycles. The molecular formula is C18H22N2O2. The lowest BCUT2D eigenvalue weighted by molar-refractivity contribution is -0.164. The van der Waals surface area contributed by atoms with Crippen LogP contribution in [0, 0.1) is 0 Å². The van der Waals surface area contributed by atoms with Crippen LogP contribution in [0.15, 0.2) is 36.5 Å². The molecule has 1 aromatic carbocycles. The summed E-state index contributed by atoms with van der Waals surface area (Å²) in [6.07, 6.45) is 5.15. The van der Waals surface area contributed by atoms with Gasteiger partial charge in [0.15, 0.2) is 0 Å². The Hall–Kier alpha value is -1.65. The third-order valence-electron chi connectivity index (χ3n) is 5.18. The van der Waals surface area contributed by atoms with E-state index in [0.29, 0.717) is 0 Å². The van der Waals surface area contributed by atoms with Gasteiger partial charge in [0.2, 0.25) is 0 Å². The molecule has 3 heterocycles. The van der Waals surface area contributed by atoms with Crippen LogP contribution in [0.4, 0.5) is 5.82 Å². The van der Waals surface area contributed by atoms with Gasteiger partial charge in [0, 0.05) is 31.3 Å². The van der Waals surface area contributed by atoms with Gasteiger partial charge >= 0.3 is 0 Å². The fraction of sp³-hybridized carbons (Fsp3) is 0.500. The smallest absolute Gasteiger partial charge is 0.136 e. The molecule has 1 N–H and O–H groups in total. The Morgan fingerprint density at radius 3 is 2.82 bits per heavy atom. The van der Waals surface area contributed by atoms with Crippen LogP contribution in [0.1, 0.15) is 25.7 Å². The normalized spacial score (nSPS) is 24.8. The van der Waals surface area contributed by atoms with Crippen LogP contribution in [-0.4, -0.2) is 41.5 Å². The van der Waals surface area contributed by atoms with Crippen molar-refractivity contribution in [1.29, 1.82) is 0 Å². The second kappa shape index (κ2) is 5.52. The minimum absolute atomic E-state index is 0.316. The van der Waals surface area contributed by atoms with Gasteiger partial charge in [-0.2, -0.15) is 0 Å². The number of pyridine rings is 1. The largest absolute Gasteiger partial charge is 0.390 e. The van der Waals surface area contributed by atoms with Gasteiger partial charge in [-0.05, 0) is 37.1 Å². The molecule has 1 spiro atoms. The van der Waals surface area contributed by atoms with E-state index in [-0.39, 0.29) is 11.7 Å². The number of nitrogens with zero attached hydrogens (tertiary/aromatic N) is 2. The molecule has 4 nitrogen and oxygen atoms in total. The number of ether oxygens (including phenoxy) is 1. The SMILES string of the molecule is OC1CCCOC12CCN(c1nccc3ccccc13)CC2. The predicted octanol–water partition coefficient (Wildman–Crippen LogP) is 2.75. The highest BCUT2D eigenvalue weighted by atomic mass is 16.5. The Balaban J connectivity index is 1.58. The molecule has 1 atom stereocenters. The standard InChI is InChI=1S/C18H22N2O2/c21-16-6-3-13-22-18(16)8-11-20(12-9-18)17-15-5-2-1-4-14(15)7-10-19-17/h1-2,4-5,7,10,16,21H,3,6,8-9,11-13H2. The molecule has 2 fully saturated rings. The molecule has 0 bridgehead atoms. The molecule has 1 aromatic heterocycles. The van der Waals surface area contributed by atoms with Gasteiger partial charge < -0.3 is 14.7 Å². The maximum Gasteiger partial charge on any atom is 0.136 e. The lowest BCUT2D eigenvalue weighted by Gasteiger charge is -2.47. The monoisotopic (exact) mass is 298 g/mol. The van der Waals surface area contributed by atoms with Crippen molar-refractivity contribution < 1.29 is 9.84 Å². The summed E-state index contributed by atoms with van der Waals surface area (Å²) < 4.78 is 5.99. The van der Waals surface area contributed by atoms with Gasteiger partial charge in [0.1, 0.15) is 5.82 Å². The average molecular weight is 298 g/mol. The summed E-state index contributed by atoms with van der Waals surface area (Å²) >= 11 is 0. The first kappa shape index (κ1) is 14.0. The summed E-state index contributed by atoms with van der Waals surface area (Å²) in [4.78, 5) is 6.94. The lowest BCUT2D eigenvalue weighted by Crippen LogP contribution is -2.55. The molecule has 2 aliphatic rings. The number of hydrogen-bond donors (Lipinski definition) is 1. The van der Waals surface area contributed by atoms with E-state index in [4.69, 9.17) is 4.74 Å². The second-order valence-corrected chi connectivity index (χ2v) is 6.41. The fourth-order valence-electron chi connectivity index (χ4n) is 3.84. The first-order chi connectivity index (χ1) is 10.8. The van der Waals surface area contributed by atoms with Crippen LogP contribution in [-0.2, 0) is 4.74 Å². The Kier molecular flexibility index (Phi) is 3.51. The fourth-order valence-corrected chi connectivity index (χ4v) is 3.84. The Labute approximate surface area is 130 Å². The van der Waals surface area contributed by atoms with Crippen LogP contribution < -0.4 is 4.90 Å². The third kappa shape index (κ3) is 2.27. The van der Waals surface area contributed by atoms with Crippen LogP contribution in [0.3, 0.4) is 0 Å². The van der Waals surface area contributed by atoms with Crippen molar-refractivity contribution in [3.8, 4) is 0 Å². The van der Waals surface area contributed by atoms with Crippen molar-refractivity contribution in [2.75, 3.05) is 24.6 Å². The molecule has 4 rings (SSSR count). The Morgan fingerprint density at radius 1 is 1.18 bits per heavy atom. The van der Waals surface area contributed by atoms with E-state index in [2.05, 4.69) is 40.2 Å². The van der Waals surface area contributed by atoms with E-state index in [0.717, 1.165) is 51.2 Å². The number of benzene rings is 1. The molecular weight excluding hydrogens is 276 g/mol. The van der Waals surface area contributed by atoms with Crippen molar-refractivity contribution in [2.24, 2.45) is 0 Å². The molecule has 0 amide bonds. The molecule has 116 valence electrons. The summed E-state index contributed by atoms with van der Waals surface area (Å²) in [6.45, 7) is 2.56. The average Bonchev–Trinajstić information content (AvgIpc) is 2.58. The Morgan fingerprint density at radius 2 is 2.00 bits per heavy atom. The van der Waals surface area contributed by atoms with Gasteiger partial charge in [0.05, 0.1) is 11.7 Å². The second-order valence-electron chi connectivity index (χ2n) is 6.41. The number of fused-ring (bicyclic) bond motifs is 1. The first-order valence-corrected chi connectivity index (χ1v) is 8.19. The highest BCUT2D eigenvalue weighted by Crippen LogP contribution is 2.37. The zero-order valence-electron chi connectivity index (χ0n) is 12.7. The molecule has 2 aromatic rings. The van der Waals surface area contributed by atoms with E-state index >= 15 is 0 Å². The highest BCUT2D eigenvalue weighted by molar-refractivity contribution is 5.92. The van der Waals surface area contributed by atoms with Gasteiger partial charge in [-0.15, -0.1) is 0 Å². The molecule has 0 radical (unpaired) electrons. The van der Waals surface area contributed by atoms with Crippen molar-refractivity contribution in [3.63, 3.8) is 0 Å². The quantitative estimate of drug-likeness (QED) is 0.879. The predicted molar refractivity (Wildman–Crippen MR) is 87.1 cm³/mol. The number of anilines is 1. The third-order valence-corrected chi connectivity index (χ3v) is 5.18. The summed E-state index contributed by atoms with van der Waals surface area (Å²) in [5.41, 5.74) is -0.320. The number of rotatable bonds is 1. The molecule has 2 saturated heterocycles. The summed E-state index contributed by atoms with van der Waals surface area (Å²) in [5, 5.41) is 12.8. The van der Waals surface area contributed by atoms with E-state index < -0.39 is 0 Å². The molecule has 1 unspecified atom stereocenters. The maximum atomic E-state index is 10.4.